The van der Waals surface area contributed by atoms with Gasteiger partial charge in [-0.1, -0.05) is 18.7 Å². The van der Waals surface area contributed by atoms with Crippen molar-refractivity contribution in [2.75, 3.05) is 0 Å². The quantitative estimate of drug-likeness (QED) is 0.847. The number of furan rings is 1. The number of benzene rings is 1. The Morgan fingerprint density at radius 3 is 2.88 bits per heavy atom. The lowest BCUT2D eigenvalue weighted by Crippen LogP contribution is -2.11. The average Bonchev–Trinajstić information content (AvgIpc) is 2.82. The maximum Gasteiger partial charge on any atom is 0.122 e. The molecule has 0 amide bonds. The summed E-state index contributed by atoms with van der Waals surface area (Å²) in [4.78, 5) is 0. The van der Waals surface area contributed by atoms with E-state index in [1.807, 2.05) is 25.1 Å². The van der Waals surface area contributed by atoms with Gasteiger partial charge in [-0.05, 0) is 25.1 Å². The van der Waals surface area contributed by atoms with E-state index in [-0.39, 0.29) is 5.75 Å². The summed E-state index contributed by atoms with van der Waals surface area (Å²) in [6, 6.07) is 9.14. The van der Waals surface area contributed by atoms with Gasteiger partial charge >= 0.3 is 0 Å². The molecule has 1 aromatic heterocycles. The molecule has 2 aromatic rings. The Bertz CT molecular complexity index is 515. The van der Waals surface area contributed by atoms with Crippen molar-refractivity contribution < 1.29 is 9.52 Å². The van der Waals surface area contributed by atoms with Gasteiger partial charge < -0.3 is 14.8 Å². The monoisotopic (exact) mass is 229 g/mol. The summed E-state index contributed by atoms with van der Waals surface area (Å²) in [6.45, 7) is 6.41. The standard InChI is InChI=1S/C14H15NO2/c1-10-13(6-3-7-14(10)16)11(2)15-9-12-5-4-8-17-12/h3-8,15-16H,2,9H2,1H3. The van der Waals surface area contributed by atoms with Crippen molar-refractivity contribution in [1.82, 2.24) is 5.32 Å². The second-order valence-electron chi connectivity index (χ2n) is 3.86. The van der Waals surface area contributed by atoms with Crippen LogP contribution in [0.2, 0.25) is 0 Å². The molecule has 0 aliphatic rings. The van der Waals surface area contributed by atoms with Gasteiger partial charge in [0.15, 0.2) is 0 Å². The molecule has 0 atom stereocenters. The summed E-state index contributed by atoms with van der Waals surface area (Å²) >= 11 is 0. The molecule has 0 unspecified atom stereocenters. The molecule has 1 aromatic carbocycles. The number of aromatic hydroxyl groups is 1. The van der Waals surface area contributed by atoms with E-state index in [4.69, 9.17) is 4.42 Å². The van der Waals surface area contributed by atoms with E-state index in [0.717, 1.165) is 22.6 Å². The highest BCUT2D eigenvalue weighted by Crippen LogP contribution is 2.23. The average molecular weight is 229 g/mol. The van der Waals surface area contributed by atoms with Crippen LogP contribution in [-0.4, -0.2) is 5.11 Å². The summed E-state index contributed by atoms with van der Waals surface area (Å²) in [5.41, 5.74) is 2.51. The van der Waals surface area contributed by atoms with Gasteiger partial charge in [0, 0.05) is 16.8 Å². The second-order valence-corrected chi connectivity index (χ2v) is 3.86. The minimum absolute atomic E-state index is 0.281. The summed E-state index contributed by atoms with van der Waals surface area (Å²) < 4.78 is 5.22. The number of phenols is 1. The lowest BCUT2D eigenvalue weighted by molar-refractivity contribution is 0.470. The maximum absolute atomic E-state index is 9.61. The topological polar surface area (TPSA) is 45.4 Å². The first-order valence-electron chi connectivity index (χ1n) is 5.42. The van der Waals surface area contributed by atoms with Crippen LogP contribution in [0.3, 0.4) is 0 Å². The molecule has 0 aliphatic carbocycles. The van der Waals surface area contributed by atoms with Crippen molar-refractivity contribution >= 4 is 5.70 Å². The molecule has 2 N–H and O–H groups in total. The van der Waals surface area contributed by atoms with Gasteiger partial charge in [-0.15, -0.1) is 0 Å². The molecular formula is C14H15NO2. The molecule has 0 saturated carbocycles. The van der Waals surface area contributed by atoms with Crippen molar-refractivity contribution in [1.29, 1.82) is 0 Å². The summed E-state index contributed by atoms with van der Waals surface area (Å²) in [6.07, 6.45) is 1.64. The van der Waals surface area contributed by atoms with Gasteiger partial charge in [0.2, 0.25) is 0 Å². The fourth-order valence-corrected chi connectivity index (χ4v) is 1.65. The first-order chi connectivity index (χ1) is 8.18. The number of rotatable bonds is 4. The molecule has 3 nitrogen and oxygen atoms in total. The highest BCUT2D eigenvalue weighted by molar-refractivity contribution is 5.66. The van der Waals surface area contributed by atoms with Crippen LogP contribution < -0.4 is 5.32 Å². The fourth-order valence-electron chi connectivity index (χ4n) is 1.65. The minimum atomic E-state index is 0.281. The highest BCUT2D eigenvalue weighted by Gasteiger charge is 2.06. The molecule has 1 heterocycles. The summed E-state index contributed by atoms with van der Waals surface area (Å²) in [5.74, 6) is 1.13. The van der Waals surface area contributed by atoms with Gasteiger partial charge in [-0.2, -0.15) is 0 Å². The largest absolute Gasteiger partial charge is 0.508 e. The third kappa shape index (κ3) is 2.50. The van der Waals surface area contributed by atoms with Crippen LogP contribution in [0.25, 0.3) is 5.70 Å². The third-order valence-corrected chi connectivity index (χ3v) is 2.69. The molecular weight excluding hydrogens is 214 g/mol. The third-order valence-electron chi connectivity index (χ3n) is 2.69. The number of hydrogen-bond donors (Lipinski definition) is 2. The first-order valence-corrected chi connectivity index (χ1v) is 5.42. The van der Waals surface area contributed by atoms with Crippen LogP contribution in [0.15, 0.2) is 47.6 Å². The van der Waals surface area contributed by atoms with Crippen LogP contribution in [0.1, 0.15) is 16.9 Å². The lowest BCUT2D eigenvalue weighted by Gasteiger charge is -2.12. The molecule has 0 radical (unpaired) electrons. The molecule has 88 valence electrons. The first kappa shape index (κ1) is 11.3. The fraction of sp³-hybridized carbons (Fsp3) is 0.143. The van der Waals surface area contributed by atoms with E-state index in [9.17, 15) is 5.11 Å². The highest BCUT2D eigenvalue weighted by atomic mass is 16.3. The van der Waals surface area contributed by atoms with Crippen LogP contribution >= 0.6 is 0 Å². The summed E-state index contributed by atoms with van der Waals surface area (Å²) in [5, 5.41) is 12.8. The Morgan fingerprint density at radius 2 is 2.18 bits per heavy atom. The van der Waals surface area contributed by atoms with E-state index < -0.39 is 0 Å². The van der Waals surface area contributed by atoms with Gasteiger partial charge in [-0.3, -0.25) is 0 Å². The van der Waals surface area contributed by atoms with Gasteiger partial charge in [0.1, 0.15) is 11.5 Å². The normalized spacial score (nSPS) is 10.2. The van der Waals surface area contributed by atoms with E-state index in [1.165, 1.54) is 0 Å². The number of hydrogen-bond acceptors (Lipinski definition) is 3. The zero-order valence-electron chi connectivity index (χ0n) is 9.73. The van der Waals surface area contributed by atoms with Crippen molar-refractivity contribution in [3.8, 4) is 5.75 Å². The van der Waals surface area contributed by atoms with Crippen molar-refractivity contribution in [2.45, 2.75) is 13.5 Å². The molecule has 2 rings (SSSR count). The van der Waals surface area contributed by atoms with Crippen LogP contribution in [0.5, 0.6) is 5.75 Å². The van der Waals surface area contributed by atoms with Crippen LogP contribution in [0.4, 0.5) is 0 Å². The second kappa shape index (κ2) is 4.78. The lowest BCUT2D eigenvalue weighted by atomic mass is 10.1. The predicted molar refractivity (Wildman–Crippen MR) is 67.4 cm³/mol. The molecule has 0 bridgehead atoms. The van der Waals surface area contributed by atoms with E-state index >= 15 is 0 Å². The Labute approximate surface area is 100 Å². The van der Waals surface area contributed by atoms with E-state index in [1.54, 1.807) is 18.4 Å². The van der Waals surface area contributed by atoms with Gasteiger partial charge in [0.25, 0.3) is 0 Å². The van der Waals surface area contributed by atoms with Crippen LogP contribution in [-0.2, 0) is 6.54 Å². The Morgan fingerprint density at radius 1 is 1.35 bits per heavy atom. The zero-order valence-corrected chi connectivity index (χ0v) is 9.73. The zero-order chi connectivity index (χ0) is 12.3. The van der Waals surface area contributed by atoms with E-state index in [0.29, 0.717) is 6.54 Å². The van der Waals surface area contributed by atoms with E-state index in [2.05, 4.69) is 11.9 Å². The smallest absolute Gasteiger partial charge is 0.122 e. The molecule has 0 saturated heterocycles. The number of nitrogens with one attached hydrogen (secondary N) is 1. The van der Waals surface area contributed by atoms with Crippen molar-refractivity contribution in [3.63, 3.8) is 0 Å². The Kier molecular flexibility index (Phi) is 3.19. The van der Waals surface area contributed by atoms with Crippen molar-refractivity contribution in [2.24, 2.45) is 0 Å². The molecule has 3 heteroatoms. The molecule has 0 aliphatic heterocycles. The minimum Gasteiger partial charge on any atom is -0.508 e. The Hall–Kier alpha value is -2.16. The SMILES string of the molecule is C=C(NCc1ccco1)c1cccc(O)c1C. The maximum atomic E-state index is 9.61. The van der Waals surface area contributed by atoms with Crippen LogP contribution in [0, 0.1) is 6.92 Å². The Balaban J connectivity index is 2.07. The predicted octanol–water partition coefficient (Wildman–Crippen LogP) is 3.05. The molecule has 17 heavy (non-hydrogen) atoms. The molecule has 0 spiro atoms. The van der Waals surface area contributed by atoms with Crippen molar-refractivity contribution in [3.05, 3.63) is 60.1 Å². The molecule has 0 fully saturated rings. The van der Waals surface area contributed by atoms with Gasteiger partial charge in [-0.25, -0.2) is 0 Å². The summed E-state index contributed by atoms with van der Waals surface area (Å²) in [7, 11) is 0. The number of phenolic OH excluding ortho intramolecular Hbond substituents is 1. The van der Waals surface area contributed by atoms with Gasteiger partial charge in [0.05, 0.1) is 12.8 Å².